The van der Waals surface area contributed by atoms with Crippen LogP contribution in [0.3, 0.4) is 0 Å². The van der Waals surface area contributed by atoms with Gasteiger partial charge in [0, 0.05) is 37.7 Å². The van der Waals surface area contributed by atoms with Gasteiger partial charge in [0.1, 0.15) is 5.82 Å². The summed E-state index contributed by atoms with van der Waals surface area (Å²) in [6.45, 7) is 3.47. The van der Waals surface area contributed by atoms with Crippen LogP contribution in [0.5, 0.6) is 0 Å². The fraction of sp³-hybridized carbons (Fsp3) is 0.318. The van der Waals surface area contributed by atoms with Crippen LogP contribution in [0.15, 0.2) is 54.9 Å². The summed E-state index contributed by atoms with van der Waals surface area (Å²) in [6, 6.07) is 14.1. The SMILES string of the molecule is O=C(Nc1cccc2c1CN(c1ccccn1)C2)c1ccn(C2CCCNC2)n1. The summed E-state index contributed by atoms with van der Waals surface area (Å²) in [5, 5.41) is 11.0. The van der Waals surface area contributed by atoms with E-state index in [0.29, 0.717) is 11.7 Å². The van der Waals surface area contributed by atoms with E-state index in [-0.39, 0.29) is 5.91 Å². The number of hydrogen-bond donors (Lipinski definition) is 2. The van der Waals surface area contributed by atoms with Crippen LogP contribution < -0.4 is 15.5 Å². The first-order valence-corrected chi connectivity index (χ1v) is 10.1. The average molecular weight is 388 g/mol. The molecule has 1 amide bonds. The van der Waals surface area contributed by atoms with Crippen LogP contribution in [0.2, 0.25) is 0 Å². The number of carbonyl (C=O) groups is 1. The predicted molar refractivity (Wildman–Crippen MR) is 112 cm³/mol. The van der Waals surface area contributed by atoms with E-state index in [1.54, 1.807) is 12.3 Å². The van der Waals surface area contributed by atoms with Crippen molar-refractivity contribution in [1.29, 1.82) is 0 Å². The molecule has 1 atom stereocenters. The molecule has 0 aliphatic carbocycles. The Bertz CT molecular complexity index is 1010. The van der Waals surface area contributed by atoms with E-state index < -0.39 is 0 Å². The lowest BCUT2D eigenvalue weighted by molar-refractivity contribution is 0.102. The predicted octanol–water partition coefficient (Wildman–Crippen LogP) is 2.98. The molecule has 7 nitrogen and oxygen atoms in total. The standard InChI is InChI=1S/C22H24N6O/c29-22(20-9-12-28(26-20)17-6-4-10-23-13-17)25-19-7-3-5-16-14-27(15-18(16)19)21-8-1-2-11-24-21/h1-3,5,7-9,11-12,17,23H,4,6,10,13-15H2,(H,25,29). The Labute approximate surface area is 169 Å². The van der Waals surface area contributed by atoms with Crippen molar-refractivity contribution in [2.24, 2.45) is 0 Å². The Balaban J connectivity index is 1.32. The van der Waals surface area contributed by atoms with Gasteiger partial charge >= 0.3 is 0 Å². The van der Waals surface area contributed by atoms with Crippen molar-refractivity contribution in [1.82, 2.24) is 20.1 Å². The first kappa shape index (κ1) is 17.9. The average Bonchev–Trinajstić information content (AvgIpc) is 3.43. The molecule has 0 spiro atoms. The molecule has 3 aromatic rings. The van der Waals surface area contributed by atoms with Crippen molar-refractivity contribution >= 4 is 17.4 Å². The number of aromatic nitrogens is 3. The van der Waals surface area contributed by atoms with Crippen LogP contribution in [0, 0.1) is 0 Å². The van der Waals surface area contributed by atoms with Gasteiger partial charge in [-0.2, -0.15) is 5.10 Å². The first-order chi connectivity index (χ1) is 14.3. The van der Waals surface area contributed by atoms with Gasteiger partial charge in [-0.25, -0.2) is 4.98 Å². The van der Waals surface area contributed by atoms with Crippen LogP contribution in [0.1, 0.15) is 40.5 Å². The van der Waals surface area contributed by atoms with E-state index in [9.17, 15) is 4.79 Å². The minimum atomic E-state index is -0.169. The van der Waals surface area contributed by atoms with E-state index in [2.05, 4.69) is 31.7 Å². The molecule has 4 heterocycles. The minimum absolute atomic E-state index is 0.169. The maximum Gasteiger partial charge on any atom is 0.276 e. The fourth-order valence-electron chi connectivity index (χ4n) is 4.15. The molecule has 2 aliphatic heterocycles. The number of piperidine rings is 1. The van der Waals surface area contributed by atoms with Gasteiger partial charge in [0.15, 0.2) is 5.69 Å². The maximum atomic E-state index is 12.8. The summed E-state index contributed by atoms with van der Waals surface area (Å²) in [5.74, 6) is 0.776. The number of anilines is 2. The number of amides is 1. The molecule has 0 saturated carbocycles. The van der Waals surface area contributed by atoms with Crippen LogP contribution >= 0.6 is 0 Å². The molecular formula is C22H24N6O. The van der Waals surface area contributed by atoms with Gasteiger partial charge in [0.2, 0.25) is 0 Å². The normalized spacial score (nSPS) is 18.5. The van der Waals surface area contributed by atoms with E-state index in [1.165, 1.54) is 5.56 Å². The quantitative estimate of drug-likeness (QED) is 0.719. The van der Waals surface area contributed by atoms with E-state index in [1.807, 2.05) is 41.2 Å². The van der Waals surface area contributed by atoms with Crippen LogP contribution in [-0.2, 0) is 13.1 Å². The second kappa shape index (κ2) is 7.67. The highest BCUT2D eigenvalue weighted by molar-refractivity contribution is 6.03. The summed E-state index contributed by atoms with van der Waals surface area (Å²) >= 11 is 0. The van der Waals surface area contributed by atoms with Gasteiger partial charge in [0.05, 0.1) is 6.04 Å². The Kier molecular flexibility index (Phi) is 4.73. The molecule has 2 N–H and O–H groups in total. The molecule has 148 valence electrons. The largest absolute Gasteiger partial charge is 0.348 e. The van der Waals surface area contributed by atoms with Crippen molar-refractivity contribution < 1.29 is 4.79 Å². The molecule has 1 aromatic carbocycles. The topological polar surface area (TPSA) is 75.1 Å². The third-order valence-electron chi connectivity index (χ3n) is 5.69. The number of carbonyl (C=O) groups excluding carboxylic acids is 1. The Hall–Kier alpha value is -3.19. The number of nitrogens with zero attached hydrogens (tertiary/aromatic N) is 4. The van der Waals surface area contributed by atoms with Crippen LogP contribution in [0.4, 0.5) is 11.5 Å². The number of pyridine rings is 1. The number of fused-ring (bicyclic) bond motifs is 1. The third-order valence-corrected chi connectivity index (χ3v) is 5.69. The van der Waals surface area contributed by atoms with Gasteiger partial charge < -0.3 is 15.5 Å². The van der Waals surface area contributed by atoms with Crippen LogP contribution in [0.25, 0.3) is 0 Å². The molecule has 29 heavy (non-hydrogen) atoms. The summed E-state index contributed by atoms with van der Waals surface area (Å²) in [6.07, 6.45) is 5.93. The van der Waals surface area contributed by atoms with Crippen LogP contribution in [-0.4, -0.2) is 33.8 Å². The molecule has 1 saturated heterocycles. The maximum absolute atomic E-state index is 12.8. The number of rotatable bonds is 4. The molecule has 2 aliphatic rings. The van der Waals surface area contributed by atoms with Gasteiger partial charge in [-0.3, -0.25) is 9.48 Å². The van der Waals surface area contributed by atoms with Crippen molar-refractivity contribution in [3.05, 3.63) is 71.7 Å². The fourth-order valence-corrected chi connectivity index (χ4v) is 4.15. The van der Waals surface area contributed by atoms with Gasteiger partial charge in [-0.1, -0.05) is 18.2 Å². The number of nitrogens with one attached hydrogen (secondary N) is 2. The Morgan fingerprint density at radius 3 is 2.93 bits per heavy atom. The molecule has 7 heteroatoms. The highest BCUT2D eigenvalue weighted by atomic mass is 16.2. The first-order valence-electron chi connectivity index (χ1n) is 10.1. The lowest BCUT2D eigenvalue weighted by Crippen LogP contribution is -2.32. The van der Waals surface area contributed by atoms with Crippen molar-refractivity contribution in [2.45, 2.75) is 32.0 Å². The lowest BCUT2D eigenvalue weighted by atomic mass is 10.1. The van der Waals surface area contributed by atoms with Gasteiger partial charge in [0.25, 0.3) is 5.91 Å². The molecular weight excluding hydrogens is 364 g/mol. The Morgan fingerprint density at radius 1 is 1.14 bits per heavy atom. The van der Waals surface area contributed by atoms with Crippen molar-refractivity contribution in [3.63, 3.8) is 0 Å². The Morgan fingerprint density at radius 2 is 2.10 bits per heavy atom. The summed E-state index contributed by atoms with van der Waals surface area (Å²) in [7, 11) is 0. The third kappa shape index (κ3) is 3.61. The zero-order valence-corrected chi connectivity index (χ0v) is 16.2. The molecule has 0 radical (unpaired) electrons. The monoisotopic (exact) mass is 388 g/mol. The second-order valence-corrected chi connectivity index (χ2v) is 7.62. The smallest absolute Gasteiger partial charge is 0.276 e. The van der Waals surface area contributed by atoms with E-state index >= 15 is 0 Å². The zero-order chi connectivity index (χ0) is 19.6. The van der Waals surface area contributed by atoms with Gasteiger partial charge in [-0.15, -0.1) is 0 Å². The number of hydrogen-bond acceptors (Lipinski definition) is 5. The van der Waals surface area contributed by atoms with E-state index in [4.69, 9.17) is 0 Å². The highest BCUT2D eigenvalue weighted by Gasteiger charge is 2.24. The lowest BCUT2D eigenvalue weighted by Gasteiger charge is -2.22. The second-order valence-electron chi connectivity index (χ2n) is 7.62. The summed E-state index contributed by atoms with van der Waals surface area (Å²) in [4.78, 5) is 19.5. The minimum Gasteiger partial charge on any atom is -0.348 e. The molecule has 2 aromatic heterocycles. The van der Waals surface area contributed by atoms with Crippen molar-refractivity contribution in [3.8, 4) is 0 Å². The highest BCUT2D eigenvalue weighted by Crippen LogP contribution is 2.32. The zero-order valence-electron chi connectivity index (χ0n) is 16.2. The molecule has 0 bridgehead atoms. The van der Waals surface area contributed by atoms with E-state index in [0.717, 1.165) is 56.1 Å². The van der Waals surface area contributed by atoms with Gasteiger partial charge in [-0.05, 0) is 54.8 Å². The van der Waals surface area contributed by atoms with Crippen molar-refractivity contribution in [2.75, 3.05) is 23.3 Å². The number of benzene rings is 1. The molecule has 1 unspecified atom stereocenters. The summed E-state index contributed by atoms with van der Waals surface area (Å²) in [5.41, 5.74) is 3.65. The summed E-state index contributed by atoms with van der Waals surface area (Å²) < 4.78 is 1.92. The molecule has 5 rings (SSSR count). The molecule has 1 fully saturated rings.